The predicted molar refractivity (Wildman–Crippen MR) is 175 cm³/mol. The molecular weight excluding hydrogens is 640 g/mol. The van der Waals surface area contributed by atoms with Crippen molar-refractivity contribution in [2.45, 2.75) is 33.4 Å². The molecule has 0 fully saturated rings. The Morgan fingerprint density at radius 3 is 2.17 bits per heavy atom. The third kappa shape index (κ3) is 6.86. The lowest BCUT2D eigenvalue weighted by Crippen LogP contribution is -2.40. The van der Waals surface area contributed by atoms with E-state index < -0.39 is 29.5 Å². The molecule has 48 heavy (non-hydrogen) atoms. The summed E-state index contributed by atoms with van der Waals surface area (Å²) in [5.41, 5.74) is 1.73. The van der Waals surface area contributed by atoms with Crippen LogP contribution in [0.5, 0.6) is 28.7 Å². The minimum Gasteiger partial charge on any atom is -0.493 e. The highest BCUT2D eigenvalue weighted by atomic mass is 32.1. The molecule has 0 bridgehead atoms. The van der Waals surface area contributed by atoms with Crippen molar-refractivity contribution in [1.29, 1.82) is 0 Å². The van der Waals surface area contributed by atoms with Crippen LogP contribution in [0.3, 0.4) is 0 Å². The number of aromatic nitrogens is 1. The van der Waals surface area contributed by atoms with Gasteiger partial charge in [0.25, 0.3) is 5.56 Å². The van der Waals surface area contributed by atoms with Gasteiger partial charge in [-0.05, 0) is 48.4 Å². The molecule has 13 heteroatoms. The zero-order valence-corrected chi connectivity index (χ0v) is 27.8. The van der Waals surface area contributed by atoms with E-state index in [0.29, 0.717) is 27.4 Å². The molecular formula is C35H32N2O10S. The largest absolute Gasteiger partial charge is 0.493 e. The number of methoxy groups -OCH3 is 3. The molecule has 248 valence electrons. The van der Waals surface area contributed by atoms with E-state index in [0.717, 1.165) is 16.9 Å². The first-order valence-electron chi connectivity index (χ1n) is 14.6. The van der Waals surface area contributed by atoms with Crippen LogP contribution in [0.4, 0.5) is 0 Å². The van der Waals surface area contributed by atoms with E-state index in [2.05, 4.69) is 4.99 Å². The molecule has 2 heterocycles. The summed E-state index contributed by atoms with van der Waals surface area (Å²) in [6.07, 6.45) is 1.59. The van der Waals surface area contributed by atoms with Gasteiger partial charge < -0.3 is 28.4 Å². The molecule has 0 saturated heterocycles. The van der Waals surface area contributed by atoms with Gasteiger partial charge in [-0.3, -0.25) is 19.0 Å². The van der Waals surface area contributed by atoms with Gasteiger partial charge in [-0.15, -0.1) is 0 Å². The number of allylic oxidation sites excluding steroid dienone is 1. The van der Waals surface area contributed by atoms with Crippen LogP contribution in [0, 0.1) is 0 Å². The van der Waals surface area contributed by atoms with Gasteiger partial charge in [0.1, 0.15) is 12.6 Å². The van der Waals surface area contributed by atoms with E-state index in [1.807, 2.05) is 30.3 Å². The SMILES string of the molecule is COc1ccc(C2C(C(=O)OCc3ccccc3)=C(C)N=c3s/c(=C\c4ccc(OC(C)=O)c(OC(C)=O)c4)c(=O)n32)c(OC)c1OC. The summed E-state index contributed by atoms with van der Waals surface area (Å²) in [6, 6.07) is 16.1. The first-order chi connectivity index (χ1) is 23.1. The van der Waals surface area contributed by atoms with Gasteiger partial charge >= 0.3 is 17.9 Å². The smallest absolute Gasteiger partial charge is 0.338 e. The first-order valence-corrected chi connectivity index (χ1v) is 15.4. The van der Waals surface area contributed by atoms with Gasteiger partial charge in [-0.2, -0.15) is 0 Å². The van der Waals surface area contributed by atoms with Crippen molar-refractivity contribution < 1.29 is 42.8 Å². The number of carbonyl (C=O) groups excluding carboxylic acids is 3. The van der Waals surface area contributed by atoms with Crippen LogP contribution < -0.4 is 38.6 Å². The number of benzene rings is 3. The van der Waals surface area contributed by atoms with Gasteiger partial charge in [0.15, 0.2) is 27.8 Å². The van der Waals surface area contributed by atoms with Crippen LogP contribution in [0.15, 0.2) is 81.7 Å². The molecule has 1 aliphatic heterocycles. The number of thiazole rings is 1. The molecule has 1 aliphatic rings. The standard InChI is InChI=1S/C35H32N2O10S/c1-19-29(34(41)45-18-22-10-8-7-9-11-22)30(24-13-15-26(42-4)32(44-6)31(24)43-5)37-33(40)28(48-35(37)36-19)17-23-12-14-25(46-20(2)38)27(16-23)47-21(3)39/h7-17,30H,18H2,1-6H3/b28-17-. The van der Waals surface area contributed by atoms with Crippen molar-refractivity contribution in [3.05, 3.63) is 108 Å². The first kappa shape index (κ1) is 33.7. The number of rotatable bonds is 10. The van der Waals surface area contributed by atoms with Crippen molar-refractivity contribution in [2.24, 2.45) is 4.99 Å². The highest BCUT2D eigenvalue weighted by molar-refractivity contribution is 7.07. The zero-order chi connectivity index (χ0) is 34.5. The van der Waals surface area contributed by atoms with Crippen LogP contribution in [0.25, 0.3) is 6.08 Å². The van der Waals surface area contributed by atoms with E-state index in [1.165, 1.54) is 51.9 Å². The molecule has 5 rings (SSSR count). The summed E-state index contributed by atoms with van der Waals surface area (Å²) in [5, 5.41) is 0. The molecule has 0 saturated carbocycles. The number of ether oxygens (including phenoxy) is 6. The van der Waals surface area contributed by atoms with Crippen LogP contribution in [0.2, 0.25) is 0 Å². The number of nitrogens with zero attached hydrogens (tertiary/aromatic N) is 2. The average Bonchev–Trinajstić information content (AvgIpc) is 3.36. The lowest BCUT2D eigenvalue weighted by Gasteiger charge is -2.27. The molecule has 0 amide bonds. The normalized spacial score (nSPS) is 14.0. The second-order valence-corrected chi connectivity index (χ2v) is 11.5. The molecule has 12 nitrogen and oxygen atoms in total. The molecule has 1 atom stereocenters. The molecule has 1 unspecified atom stereocenters. The third-order valence-corrected chi connectivity index (χ3v) is 8.24. The second-order valence-electron chi connectivity index (χ2n) is 10.5. The Morgan fingerprint density at radius 1 is 0.854 bits per heavy atom. The van der Waals surface area contributed by atoms with E-state index in [9.17, 15) is 19.2 Å². The van der Waals surface area contributed by atoms with E-state index in [1.54, 1.807) is 31.2 Å². The molecule has 0 spiro atoms. The highest BCUT2D eigenvalue weighted by Crippen LogP contribution is 2.45. The fraction of sp³-hybridized carbons (Fsp3) is 0.229. The fourth-order valence-corrected chi connectivity index (χ4v) is 6.30. The lowest BCUT2D eigenvalue weighted by molar-refractivity contribution is -0.141. The average molecular weight is 673 g/mol. The van der Waals surface area contributed by atoms with E-state index in [4.69, 9.17) is 28.4 Å². The number of fused-ring (bicyclic) bond motifs is 1. The summed E-state index contributed by atoms with van der Waals surface area (Å²) in [7, 11) is 4.40. The molecule has 0 N–H and O–H groups in total. The Kier molecular flexibility index (Phi) is 10.1. The van der Waals surface area contributed by atoms with Crippen molar-refractivity contribution in [3.8, 4) is 28.7 Å². The van der Waals surface area contributed by atoms with E-state index in [-0.39, 0.29) is 39.7 Å². The quantitative estimate of drug-likeness (QED) is 0.180. The Morgan fingerprint density at radius 2 is 1.52 bits per heavy atom. The summed E-state index contributed by atoms with van der Waals surface area (Å²) in [4.78, 5) is 56.4. The Hall–Kier alpha value is -5.69. The number of esters is 3. The Bertz CT molecular complexity index is 2110. The van der Waals surface area contributed by atoms with Crippen molar-refractivity contribution in [2.75, 3.05) is 21.3 Å². The number of hydrogen-bond donors (Lipinski definition) is 0. The van der Waals surface area contributed by atoms with Gasteiger partial charge in [0.2, 0.25) is 5.75 Å². The third-order valence-electron chi connectivity index (χ3n) is 7.26. The Labute approximate surface area is 279 Å². The summed E-state index contributed by atoms with van der Waals surface area (Å²) in [6.45, 7) is 4.12. The lowest BCUT2D eigenvalue weighted by atomic mass is 9.94. The van der Waals surface area contributed by atoms with Crippen molar-refractivity contribution in [3.63, 3.8) is 0 Å². The summed E-state index contributed by atoms with van der Waals surface area (Å²) in [5.74, 6) is -0.903. The minimum atomic E-state index is -1.02. The number of hydrogen-bond acceptors (Lipinski definition) is 12. The van der Waals surface area contributed by atoms with Gasteiger partial charge in [0, 0.05) is 19.4 Å². The molecule has 1 aromatic heterocycles. The topological polar surface area (TPSA) is 141 Å². The second kappa shape index (κ2) is 14.4. The molecule has 0 radical (unpaired) electrons. The monoisotopic (exact) mass is 672 g/mol. The maximum absolute atomic E-state index is 14.3. The highest BCUT2D eigenvalue weighted by Gasteiger charge is 2.36. The van der Waals surface area contributed by atoms with Gasteiger partial charge in [-0.1, -0.05) is 47.7 Å². The van der Waals surface area contributed by atoms with Crippen LogP contribution >= 0.6 is 11.3 Å². The summed E-state index contributed by atoms with van der Waals surface area (Å²) >= 11 is 1.10. The van der Waals surface area contributed by atoms with Gasteiger partial charge in [0.05, 0.1) is 37.1 Å². The fourth-order valence-electron chi connectivity index (χ4n) is 5.26. The summed E-state index contributed by atoms with van der Waals surface area (Å²) < 4.78 is 34.7. The maximum Gasteiger partial charge on any atom is 0.338 e. The van der Waals surface area contributed by atoms with E-state index >= 15 is 0 Å². The van der Waals surface area contributed by atoms with Crippen molar-refractivity contribution in [1.82, 2.24) is 4.57 Å². The Balaban J connectivity index is 1.69. The van der Waals surface area contributed by atoms with Crippen LogP contribution in [-0.2, 0) is 25.7 Å². The predicted octanol–water partition coefficient (Wildman–Crippen LogP) is 3.86. The number of carbonyl (C=O) groups is 3. The molecule has 4 aromatic rings. The van der Waals surface area contributed by atoms with Crippen molar-refractivity contribution >= 4 is 35.3 Å². The maximum atomic E-state index is 14.3. The van der Waals surface area contributed by atoms with Gasteiger partial charge in [-0.25, -0.2) is 9.79 Å². The molecule has 3 aromatic carbocycles. The van der Waals surface area contributed by atoms with Crippen LogP contribution in [0.1, 0.15) is 43.5 Å². The minimum absolute atomic E-state index is 0.00463. The van der Waals surface area contributed by atoms with Crippen LogP contribution in [-0.4, -0.2) is 43.8 Å². The zero-order valence-electron chi connectivity index (χ0n) is 27.0. The molecule has 0 aliphatic carbocycles.